The molecule has 0 atom stereocenters. The van der Waals surface area contributed by atoms with Gasteiger partial charge in [-0.25, -0.2) is 9.97 Å². The molecule has 0 aliphatic carbocycles. The van der Waals surface area contributed by atoms with E-state index in [1.807, 2.05) is 6.20 Å². The number of aromatic nitrogens is 3. The fourth-order valence-corrected chi connectivity index (χ4v) is 2.86. The average Bonchev–Trinajstić information content (AvgIpc) is 2.67. The van der Waals surface area contributed by atoms with Crippen molar-refractivity contribution in [1.82, 2.24) is 14.5 Å². The highest BCUT2D eigenvalue weighted by molar-refractivity contribution is 9.10. The van der Waals surface area contributed by atoms with Crippen LogP contribution in [0.25, 0.3) is 11.0 Å². The Morgan fingerprint density at radius 2 is 2.22 bits per heavy atom. The number of aryl methyl sites for hydroxylation is 1. The molecular weight excluding hydrogens is 294 g/mol. The van der Waals surface area contributed by atoms with E-state index in [2.05, 4.69) is 43.5 Å². The molecule has 0 bridgehead atoms. The summed E-state index contributed by atoms with van der Waals surface area (Å²) >= 11 is 3.43. The second-order valence-corrected chi connectivity index (χ2v) is 5.63. The fourth-order valence-electron chi connectivity index (χ4n) is 2.54. The first-order valence-corrected chi connectivity index (χ1v) is 7.09. The maximum atomic E-state index is 5.41. The minimum Gasteiger partial charge on any atom is -0.381 e. The van der Waals surface area contributed by atoms with Gasteiger partial charge in [-0.2, -0.15) is 0 Å². The highest BCUT2D eigenvalue weighted by atomic mass is 79.9. The second-order valence-electron chi connectivity index (χ2n) is 4.82. The van der Waals surface area contributed by atoms with Gasteiger partial charge < -0.3 is 9.30 Å². The Hall–Kier alpha value is -0.940. The SMILES string of the molecule is Cc1nc2cnc(Br)cc2n1CC1CCOCC1. The number of rotatable bonds is 2. The first-order chi connectivity index (χ1) is 8.74. The van der Waals surface area contributed by atoms with Crippen LogP contribution in [-0.2, 0) is 11.3 Å². The van der Waals surface area contributed by atoms with E-state index in [9.17, 15) is 0 Å². The third-order valence-corrected chi connectivity index (χ3v) is 4.01. The van der Waals surface area contributed by atoms with Crippen molar-refractivity contribution in [3.63, 3.8) is 0 Å². The molecule has 0 saturated carbocycles. The van der Waals surface area contributed by atoms with Gasteiger partial charge in [-0.05, 0) is 47.7 Å². The summed E-state index contributed by atoms with van der Waals surface area (Å²) in [6, 6.07) is 2.05. The molecule has 2 aromatic rings. The third kappa shape index (κ3) is 2.29. The lowest BCUT2D eigenvalue weighted by atomic mass is 10.0. The molecule has 96 valence electrons. The van der Waals surface area contributed by atoms with Gasteiger partial charge in [-0.1, -0.05) is 0 Å². The molecule has 0 radical (unpaired) electrons. The van der Waals surface area contributed by atoms with Crippen LogP contribution in [0.4, 0.5) is 0 Å². The zero-order valence-electron chi connectivity index (χ0n) is 10.4. The summed E-state index contributed by atoms with van der Waals surface area (Å²) in [6.45, 7) is 4.87. The van der Waals surface area contributed by atoms with Gasteiger partial charge in [0.15, 0.2) is 0 Å². The molecule has 1 aliphatic rings. The quantitative estimate of drug-likeness (QED) is 0.801. The molecule has 0 unspecified atom stereocenters. The van der Waals surface area contributed by atoms with Crippen molar-refractivity contribution >= 4 is 27.0 Å². The Kier molecular flexibility index (Phi) is 3.35. The predicted molar refractivity (Wildman–Crippen MR) is 73.5 cm³/mol. The van der Waals surface area contributed by atoms with E-state index in [0.29, 0.717) is 5.92 Å². The summed E-state index contributed by atoms with van der Waals surface area (Å²) in [6.07, 6.45) is 4.11. The van der Waals surface area contributed by atoms with Crippen molar-refractivity contribution in [3.8, 4) is 0 Å². The maximum Gasteiger partial charge on any atom is 0.108 e. The van der Waals surface area contributed by atoms with Crippen molar-refractivity contribution in [3.05, 3.63) is 22.7 Å². The Bertz CT molecular complexity index is 561. The Morgan fingerprint density at radius 1 is 1.44 bits per heavy atom. The summed E-state index contributed by atoms with van der Waals surface area (Å²) in [4.78, 5) is 8.80. The van der Waals surface area contributed by atoms with Gasteiger partial charge in [0.05, 0.1) is 11.7 Å². The Morgan fingerprint density at radius 3 is 3.00 bits per heavy atom. The standard InChI is InChI=1S/C13H16BrN3O/c1-9-16-11-7-15-13(14)6-12(11)17(9)8-10-2-4-18-5-3-10/h6-7,10H,2-5,8H2,1H3. The summed E-state index contributed by atoms with van der Waals surface area (Å²) in [5.74, 6) is 1.76. The largest absolute Gasteiger partial charge is 0.381 e. The minimum absolute atomic E-state index is 0.696. The normalized spacial score (nSPS) is 17.4. The molecule has 1 aliphatic heterocycles. The van der Waals surface area contributed by atoms with Crippen LogP contribution < -0.4 is 0 Å². The van der Waals surface area contributed by atoms with Crippen molar-refractivity contribution in [2.75, 3.05) is 13.2 Å². The molecule has 1 saturated heterocycles. The van der Waals surface area contributed by atoms with Crippen LogP contribution in [-0.4, -0.2) is 27.7 Å². The third-order valence-electron chi connectivity index (χ3n) is 3.57. The van der Waals surface area contributed by atoms with E-state index in [-0.39, 0.29) is 0 Å². The molecule has 5 heteroatoms. The van der Waals surface area contributed by atoms with Gasteiger partial charge >= 0.3 is 0 Å². The van der Waals surface area contributed by atoms with Crippen LogP contribution in [0.2, 0.25) is 0 Å². The Labute approximate surface area is 115 Å². The fraction of sp³-hybridized carbons (Fsp3) is 0.538. The topological polar surface area (TPSA) is 39.9 Å². The van der Waals surface area contributed by atoms with E-state index in [1.165, 1.54) is 5.52 Å². The second kappa shape index (κ2) is 4.97. The minimum atomic E-state index is 0.696. The number of imidazole rings is 1. The molecule has 0 spiro atoms. The molecule has 0 aromatic carbocycles. The lowest BCUT2D eigenvalue weighted by Gasteiger charge is -2.23. The van der Waals surface area contributed by atoms with Crippen LogP contribution >= 0.6 is 15.9 Å². The van der Waals surface area contributed by atoms with Crippen LogP contribution in [0.5, 0.6) is 0 Å². The van der Waals surface area contributed by atoms with E-state index in [4.69, 9.17) is 4.74 Å². The summed E-state index contributed by atoms with van der Waals surface area (Å²) in [7, 11) is 0. The molecular formula is C13H16BrN3O. The molecule has 3 heterocycles. The smallest absolute Gasteiger partial charge is 0.108 e. The molecule has 0 N–H and O–H groups in total. The zero-order valence-corrected chi connectivity index (χ0v) is 12.0. The highest BCUT2D eigenvalue weighted by Crippen LogP contribution is 2.23. The number of ether oxygens (including phenoxy) is 1. The predicted octanol–water partition coefficient (Wildman–Crippen LogP) is 2.93. The molecule has 2 aromatic heterocycles. The molecule has 4 nitrogen and oxygen atoms in total. The highest BCUT2D eigenvalue weighted by Gasteiger charge is 2.17. The first-order valence-electron chi connectivity index (χ1n) is 6.30. The maximum absolute atomic E-state index is 5.41. The lowest BCUT2D eigenvalue weighted by Crippen LogP contribution is -2.20. The number of fused-ring (bicyclic) bond motifs is 1. The summed E-state index contributed by atoms with van der Waals surface area (Å²) in [5, 5.41) is 0. The van der Waals surface area contributed by atoms with E-state index < -0.39 is 0 Å². The van der Waals surface area contributed by atoms with Crippen molar-refractivity contribution in [2.45, 2.75) is 26.3 Å². The monoisotopic (exact) mass is 309 g/mol. The van der Waals surface area contributed by atoms with Gasteiger partial charge in [0, 0.05) is 19.8 Å². The van der Waals surface area contributed by atoms with Crippen LogP contribution in [0.1, 0.15) is 18.7 Å². The zero-order chi connectivity index (χ0) is 12.5. The molecule has 18 heavy (non-hydrogen) atoms. The number of pyridine rings is 1. The van der Waals surface area contributed by atoms with Gasteiger partial charge in [0.1, 0.15) is 15.9 Å². The van der Waals surface area contributed by atoms with Gasteiger partial charge in [-0.3, -0.25) is 0 Å². The van der Waals surface area contributed by atoms with Crippen molar-refractivity contribution in [2.24, 2.45) is 5.92 Å². The van der Waals surface area contributed by atoms with E-state index >= 15 is 0 Å². The van der Waals surface area contributed by atoms with Crippen LogP contribution in [0, 0.1) is 12.8 Å². The van der Waals surface area contributed by atoms with E-state index in [0.717, 1.165) is 48.5 Å². The summed E-state index contributed by atoms with van der Waals surface area (Å²) < 4.78 is 8.58. The Balaban J connectivity index is 1.94. The van der Waals surface area contributed by atoms with Gasteiger partial charge in [-0.15, -0.1) is 0 Å². The first kappa shape index (κ1) is 12.1. The van der Waals surface area contributed by atoms with Crippen LogP contribution in [0.15, 0.2) is 16.9 Å². The van der Waals surface area contributed by atoms with Crippen molar-refractivity contribution in [1.29, 1.82) is 0 Å². The number of hydrogen-bond donors (Lipinski definition) is 0. The number of nitrogens with zero attached hydrogens (tertiary/aromatic N) is 3. The van der Waals surface area contributed by atoms with E-state index in [1.54, 1.807) is 0 Å². The molecule has 0 amide bonds. The summed E-state index contributed by atoms with van der Waals surface area (Å²) in [5.41, 5.74) is 2.14. The van der Waals surface area contributed by atoms with Crippen molar-refractivity contribution < 1.29 is 4.74 Å². The number of halogens is 1. The lowest BCUT2D eigenvalue weighted by molar-refractivity contribution is 0.0614. The van der Waals surface area contributed by atoms with Gasteiger partial charge in [0.25, 0.3) is 0 Å². The average molecular weight is 310 g/mol. The number of hydrogen-bond acceptors (Lipinski definition) is 3. The molecule has 1 fully saturated rings. The molecule has 3 rings (SSSR count). The van der Waals surface area contributed by atoms with Gasteiger partial charge in [0.2, 0.25) is 0 Å². The van der Waals surface area contributed by atoms with Crippen LogP contribution in [0.3, 0.4) is 0 Å².